The summed E-state index contributed by atoms with van der Waals surface area (Å²) < 4.78 is 18.6. The molecule has 5 nitrogen and oxygen atoms in total. The maximum absolute atomic E-state index is 13.0. The second-order valence-electron chi connectivity index (χ2n) is 5.82. The normalized spacial score (nSPS) is 12.0. The zero-order chi connectivity index (χ0) is 18.5. The van der Waals surface area contributed by atoms with E-state index in [1.54, 1.807) is 31.0 Å². The number of carbonyl (C=O) groups is 1. The average Bonchev–Trinajstić information content (AvgIpc) is 3.11. The van der Waals surface area contributed by atoms with Crippen molar-refractivity contribution in [1.29, 1.82) is 0 Å². The first kappa shape index (κ1) is 18.1. The SMILES string of the molecule is C[C@@H](Sc1nnc(-c2ccc(F)cc2)o1)C(=O)N(C)Cc1ccccc1. The Labute approximate surface area is 155 Å². The number of hydrogen-bond donors (Lipinski definition) is 0. The molecule has 1 amide bonds. The lowest BCUT2D eigenvalue weighted by Gasteiger charge is -2.20. The fourth-order valence-corrected chi connectivity index (χ4v) is 3.21. The number of aromatic nitrogens is 2. The van der Waals surface area contributed by atoms with E-state index in [-0.39, 0.29) is 17.0 Å². The van der Waals surface area contributed by atoms with Crippen molar-refractivity contribution in [2.45, 2.75) is 23.9 Å². The standard InChI is InChI=1S/C19H18FN3O2S/c1-13(18(24)23(2)12-14-6-4-3-5-7-14)26-19-22-21-17(25-19)15-8-10-16(20)11-9-15/h3-11,13H,12H2,1-2H3/t13-/m1/s1. The smallest absolute Gasteiger partial charge is 0.277 e. The van der Waals surface area contributed by atoms with E-state index in [4.69, 9.17) is 4.42 Å². The van der Waals surface area contributed by atoms with Crippen molar-refractivity contribution in [3.63, 3.8) is 0 Å². The van der Waals surface area contributed by atoms with Crippen molar-refractivity contribution in [2.24, 2.45) is 0 Å². The van der Waals surface area contributed by atoms with Crippen LogP contribution in [0.5, 0.6) is 0 Å². The van der Waals surface area contributed by atoms with Crippen LogP contribution in [0.4, 0.5) is 4.39 Å². The minimum atomic E-state index is -0.370. The van der Waals surface area contributed by atoms with Gasteiger partial charge in [-0.05, 0) is 36.8 Å². The summed E-state index contributed by atoms with van der Waals surface area (Å²) in [4.78, 5) is 14.2. The number of carbonyl (C=O) groups excluding carboxylic acids is 1. The first-order valence-corrected chi connectivity index (χ1v) is 8.96. The number of halogens is 1. The van der Waals surface area contributed by atoms with Gasteiger partial charge in [0.05, 0.1) is 5.25 Å². The number of nitrogens with zero attached hydrogens (tertiary/aromatic N) is 3. The predicted octanol–water partition coefficient (Wildman–Crippen LogP) is 4.01. The quantitative estimate of drug-likeness (QED) is 0.613. The van der Waals surface area contributed by atoms with Gasteiger partial charge in [-0.15, -0.1) is 10.2 Å². The molecular formula is C19H18FN3O2S. The molecule has 26 heavy (non-hydrogen) atoms. The summed E-state index contributed by atoms with van der Waals surface area (Å²) in [5, 5.41) is 7.85. The first-order chi connectivity index (χ1) is 12.5. The van der Waals surface area contributed by atoms with Crippen LogP contribution in [-0.4, -0.2) is 33.3 Å². The summed E-state index contributed by atoms with van der Waals surface area (Å²) in [5.41, 5.74) is 1.70. The van der Waals surface area contributed by atoms with Crippen molar-refractivity contribution < 1.29 is 13.6 Å². The van der Waals surface area contributed by atoms with Gasteiger partial charge in [-0.25, -0.2) is 4.39 Å². The molecule has 134 valence electrons. The number of rotatable bonds is 6. The van der Waals surface area contributed by atoms with Crippen molar-refractivity contribution in [2.75, 3.05) is 7.05 Å². The largest absolute Gasteiger partial charge is 0.411 e. The van der Waals surface area contributed by atoms with Crippen LogP contribution in [0.3, 0.4) is 0 Å². The Bertz CT molecular complexity index is 868. The van der Waals surface area contributed by atoms with E-state index in [9.17, 15) is 9.18 Å². The highest BCUT2D eigenvalue weighted by molar-refractivity contribution is 8.00. The first-order valence-electron chi connectivity index (χ1n) is 8.08. The summed E-state index contributed by atoms with van der Waals surface area (Å²) in [7, 11) is 1.77. The average molecular weight is 371 g/mol. The zero-order valence-electron chi connectivity index (χ0n) is 14.4. The van der Waals surface area contributed by atoms with Gasteiger partial charge in [0.2, 0.25) is 11.8 Å². The minimum absolute atomic E-state index is 0.0274. The van der Waals surface area contributed by atoms with Gasteiger partial charge >= 0.3 is 0 Å². The van der Waals surface area contributed by atoms with Crippen LogP contribution in [0.2, 0.25) is 0 Å². The molecule has 0 aliphatic rings. The maximum atomic E-state index is 13.0. The molecule has 1 heterocycles. The molecule has 0 saturated heterocycles. The minimum Gasteiger partial charge on any atom is -0.411 e. The molecule has 0 aliphatic carbocycles. The van der Waals surface area contributed by atoms with Crippen molar-refractivity contribution in [3.8, 4) is 11.5 Å². The third-order valence-corrected chi connectivity index (χ3v) is 4.68. The fourth-order valence-electron chi connectivity index (χ4n) is 2.41. The lowest BCUT2D eigenvalue weighted by atomic mass is 10.2. The Kier molecular flexibility index (Phi) is 5.68. The van der Waals surface area contributed by atoms with Crippen LogP contribution in [0.15, 0.2) is 64.2 Å². The molecule has 3 aromatic rings. The van der Waals surface area contributed by atoms with Gasteiger partial charge in [-0.2, -0.15) is 0 Å². The van der Waals surface area contributed by atoms with E-state index in [1.807, 2.05) is 30.3 Å². The molecule has 0 radical (unpaired) electrons. The van der Waals surface area contributed by atoms with Gasteiger partial charge in [0.1, 0.15) is 5.82 Å². The molecule has 0 N–H and O–H groups in total. The van der Waals surface area contributed by atoms with Gasteiger partial charge in [-0.3, -0.25) is 4.79 Å². The molecule has 1 aromatic heterocycles. The molecule has 0 fully saturated rings. The summed E-state index contributed by atoms with van der Waals surface area (Å²) >= 11 is 1.20. The second-order valence-corrected chi connectivity index (χ2v) is 7.11. The number of hydrogen-bond acceptors (Lipinski definition) is 5. The van der Waals surface area contributed by atoms with E-state index in [0.29, 0.717) is 23.2 Å². The van der Waals surface area contributed by atoms with Gasteiger partial charge in [0.15, 0.2) is 0 Å². The summed E-state index contributed by atoms with van der Waals surface area (Å²) in [6.45, 7) is 2.34. The lowest BCUT2D eigenvalue weighted by molar-refractivity contribution is -0.129. The molecular weight excluding hydrogens is 353 g/mol. The van der Waals surface area contributed by atoms with Gasteiger partial charge in [-0.1, -0.05) is 42.1 Å². The fraction of sp³-hybridized carbons (Fsp3) is 0.211. The van der Waals surface area contributed by atoms with Crippen LogP contribution in [0.25, 0.3) is 11.5 Å². The number of benzene rings is 2. The third-order valence-electron chi connectivity index (χ3n) is 3.76. The number of thioether (sulfide) groups is 1. The summed E-state index contributed by atoms with van der Waals surface area (Å²) in [6.07, 6.45) is 0. The van der Waals surface area contributed by atoms with Crippen LogP contribution in [0, 0.1) is 5.82 Å². The molecule has 0 spiro atoms. The molecule has 0 unspecified atom stereocenters. The highest BCUT2D eigenvalue weighted by Gasteiger charge is 2.22. The second kappa shape index (κ2) is 8.14. The molecule has 0 saturated carbocycles. The van der Waals surface area contributed by atoms with E-state index >= 15 is 0 Å². The summed E-state index contributed by atoms with van der Waals surface area (Å²) in [5.74, 6) is -0.0614. The van der Waals surface area contributed by atoms with Gasteiger partial charge in [0, 0.05) is 19.2 Å². The van der Waals surface area contributed by atoms with Crippen molar-refractivity contribution >= 4 is 17.7 Å². The topological polar surface area (TPSA) is 59.2 Å². The maximum Gasteiger partial charge on any atom is 0.277 e. The molecule has 3 rings (SSSR count). The van der Waals surface area contributed by atoms with E-state index < -0.39 is 0 Å². The molecule has 1 atom stereocenters. The van der Waals surface area contributed by atoms with Gasteiger partial charge in [0.25, 0.3) is 5.22 Å². The zero-order valence-corrected chi connectivity index (χ0v) is 15.2. The van der Waals surface area contributed by atoms with E-state index in [1.165, 1.54) is 23.9 Å². The Morgan fingerprint density at radius 2 is 1.85 bits per heavy atom. The lowest BCUT2D eigenvalue weighted by Crippen LogP contribution is -2.32. The Morgan fingerprint density at radius 3 is 2.54 bits per heavy atom. The van der Waals surface area contributed by atoms with Gasteiger partial charge < -0.3 is 9.32 Å². The van der Waals surface area contributed by atoms with Crippen LogP contribution in [-0.2, 0) is 11.3 Å². The number of amides is 1. The highest BCUT2D eigenvalue weighted by Crippen LogP contribution is 2.27. The monoisotopic (exact) mass is 371 g/mol. The van der Waals surface area contributed by atoms with Crippen LogP contribution < -0.4 is 0 Å². The third kappa shape index (κ3) is 4.49. The van der Waals surface area contributed by atoms with Crippen molar-refractivity contribution in [1.82, 2.24) is 15.1 Å². The van der Waals surface area contributed by atoms with E-state index in [0.717, 1.165) is 5.56 Å². The highest BCUT2D eigenvalue weighted by atomic mass is 32.2. The predicted molar refractivity (Wildman–Crippen MR) is 97.9 cm³/mol. The Morgan fingerprint density at radius 1 is 1.15 bits per heavy atom. The Hall–Kier alpha value is -2.67. The molecule has 7 heteroatoms. The molecule has 2 aromatic carbocycles. The molecule has 0 bridgehead atoms. The van der Waals surface area contributed by atoms with Crippen LogP contribution in [0.1, 0.15) is 12.5 Å². The Balaban J connectivity index is 1.61. The molecule has 0 aliphatic heterocycles. The summed E-state index contributed by atoms with van der Waals surface area (Å²) in [6, 6.07) is 15.6. The van der Waals surface area contributed by atoms with Crippen LogP contribution >= 0.6 is 11.8 Å². The van der Waals surface area contributed by atoms with E-state index in [2.05, 4.69) is 10.2 Å². The van der Waals surface area contributed by atoms with Crippen molar-refractivity contribution in [3.05, 3.63) is 66.0 Å².